The third kappa shape index (κ3) is 2.90. The van der Waals surface area contributed by atoms with Gasteiger partial charge in [0.25, 0.3) is 0 Å². The van der Waals surface area contributed by atoms with Crippen molar-refractivity contribution in [2.75, 3.05) is 17.7 Å². The first-order valence-corrected chi connectivity index (χ1v) is 6.58. The molecule has 0 bridgehead atoms. The van der Waals surface area contributed by atoms with E-state index in [2.05, 4.69) is 63.1 Å². The third-order valence-corrected chi connectivity index (χ3v) is 3.33. The van der Waals surface area contributed by atoms with Gasteiger partial charge in [0.15, 0.2) is 0 Å². The third-order valence-electron chi connectivity index (χ3n) is 3.33. The highest BCUT2D eigenvalue weighted by Gasteiger charge is 2.19. The summed E-state index contributed by atoms with van der Waals surface area (Å²) in [5.41, 5.74) is 10.4. The minimum atomic E-state index is 0.116. The van der Waals surface area contributed by atoms with Crippen molar-refractivity contribution in [1.82, 2.24) is 0 Å². The number of benzene rings is 2. The quantitative estimate of drug-likeness (QED) is 0.808. The highest BCUT2D eigenvalue weighted by atomic mass is 15.1. The van der Waals surface area contributed by atoms with E-state index in [1.54, 1.807) is 0 Å². The zero-order valence-electron chi connectivity index (χ0n) is 12.1. The van der Waals surface area contributed by atoms with Gasteiger partial charge >= 0.3 is 0 Å². The van der Waals surface area contributed by atoms with Crippen LogP contribution in [0.2, 0.25) is 0 Å². The van der Waals surface area contributed by atoms with Gasteiger partial charge in [-0.05, 0) is 35.2 Å². The number of para-hydroxylation sites is 1. The summed E-state index contributed by atoms with van der Waals surface area (Å²) in [7, 11) is 2.08. The molecular weight excluding hydrogens is 232 g/mol. The first-order valence-electron chi connectivity index (χ1n) is 6.58. The van der Waals surface area contributed by atoms with Crippen molar-refractivity contribution >= 4 is 17.1 Å². The van der Waals surface area contributed by atoms with Crippen LogP contribution in [-0.4, -0.2) is 7.05 Å². The van der Waals surface area contributed by atoms with Crippen molar-refractivity contribution < 1.29 is 0 Å². The van der Waals surface area contributed by atoms with Crippen LogP contribution in [0, 0.1) is 0 Å². The zero-order valence-corrected chi connectivity index (χ0v) is 12.1. The Morgan fingerprint density at radius 3 is 2.26 bits per heavy atom. The van der Waals surface area contributed by atoms with Gasteiger partial charge in [-0.15, -0.1) is 0 Å². The van der Waals surface area contributed by atoms with Gasteiger partial charge in [0.05, 0.1) is 0 Å². The van der Waals surface area contributed by atoms with Crippen molar-refractivity contribution in [1.29, 1.82) is 0 Å². The van der Waals surface area contributed by atoms with E-state index in [4.69, 9.17) is 5.73 Å². The minimum Gasteiger partial charge on any atom is -0.399 e. The monoisotopic (exact) mass is 254 g/mol. The van der Waals surface area contributed by atoms with Gasteiger partial charge in [-0.1, -0.05) is 45.0 Å². The maximum Gasteiger partial charge on any atom is 0.0446 e. The fourth-order valence-corrected chi connectivity index (χ4v) is 2.27. The number of nitrogens with two attached hydrogens (primary N) is 1. The average molecular weight is 254 g/mol. The van der Waals surface area contributed by atoms with Crippen molar-refractivity contribution in [2.45, 2.75) is 26.2 Å². The highest BCUT2D eigenvalue weighted by molar-refractivity contribution is 5.69. The lowest BCUT2D eigenvalue weighted by Gasteiger charge is -2.29. The van der Waals surface area contributed by atoms with E-state index < -0.39 is 0 Å². The molecule has 0 saturated carbocycles. The minimum absolute atomic E-state index is 0.116. The standard InChI is InChI=1S/C17H22N2/c1-17(2,3)15-10-5-6-11-16(15)19(4)14-9-7-8-13(18)12-14/h5-12H,18H2,1-4H3. The van der Waals surface area contributed by atoms with Crippen LogP contribution < -0.4 is 10.6 Å². The van der Waals surface area contributed by atoms with E-state index in [9.17, 15) is 0 Å². The zero-order chi connectivity index (χ0) is 14.0. The Labute approximate surface area is 115 Å². The average Bonchev–Trinajstić information content (AvgIpc) is 2.37. The molecule has 0 amide bonds. The lowest BCUT2D eigenvalue weighted by Crippen LogP contribution is -2.19. The van der Waals surface area contributed by atoms with Crippen LogP contribution in [-0.2, 0) is 5.41 Å². The van der Waals surface area contributed by atoms with Crippen molar-refractivity contribution in [3.8, 4) is 0 Å². The lowest BCUT2D eigenvalue weighted by molar-refractivity contribution is 0.590. The predicted molar refractivity (Wildman–Crippen MR) is 84.1 cm³/mol. The van der Waals surface area contributed by atoms with Gasteiger partial charge in [-0.25, -0.2) is 0 Å². The summed E-state index contributed by atoms with van der Waals surface area (Å²) < 4.78 is 0. The Hall–Kier alpha value is -1.96. The van der Waals surface area contributed by atoms with Crippen molar-refractivity contribution in [3.63, 3.8) is 0 Å². The van der Waals surface area contributed by atoms with Crippen LogP contribution in [0.3, 0.4) is 0 Å². The van der Waals surface area contributed by atoms with E-state index in [0.717, 1.165) is 11.4 Å². The Kier molecular flexibility index (Phi) is 3.52. The number of anilines is 3. The van der Waals surface area contributed by atoms with Crippen LogP contribution in [0.1, 0.15) is 26.3 Å². The largest absolute Gasteiger partial charge is 0.399 e. The molecule has 0 spiro atoms. The van der Waals surface area contributed by atoms with Crippen LogP contribution in [0.5, 0.6) is 0 Å². The second kappa shape index (κ2) is 4.96. The summed E-state index contributed by atoms with van der Waals surface area (Å²) in [5.74, 6) is 0. The molecule has 0 aliphatic carbocycles. The van der Waals surface area contributed by atoms with Crippen LogP contribution in [0.15, 0.2) is 48.5 Å². The molecule has 19 heavy (non-hydrogen) atoms. The Morgan fingerprint density at radius 2 is 1.63 bits per heavy atom. The molecule has 2 nitrogen and oxygen atoms in total. The second-order valence-corrected chi connectivity index (χ2v) is 5.92. The Balaban J connectivity index is 2.48. The molecule has 100 valence electrons. The van der Waals surface area contributed by atoms with Crippen LogP contribution in [0.25, 0.3) is 0 Å². The highest BCUT2D eigenvalue weighted by Crippen LogP contribution is 2.34. The molecule has 2 rings (SSSR count). The van der Waals surface area contributed by atoms with Crippen LogP contribution in [0.4, 0.5) is 17.1 Å². The van der Waals surface area contributed by atoms with Gasteiger partial charge < -0.3 is 10.6 Å². The fourth-order valence-electron chi connectivity index (χ4n) is 2.27. The number of nitrogens with zero attached hydrogens (tertiary/aromatic N) is 1. The molecule has 0 heterocycles. The fraction of sp³-hybridized carbons (Fsp3) is 0.294. The predicted octanol–water partition coefficient (Wildman–Crippen LogP) is 4.33. The summed E-state index contributed by atoms with van der Waals surface area (Å²) in [5, 5.41) is 0. The smallest absolute Gasteiger partial charge is 0.0446 e. The van der Waals surface area contributed by atoms with E-state index in [1.165, 1.54) is 11.3 Å². The molecular formula is C17H22N2. The molecule has 0 atom stereocenters. The van der Waals surface area contributed by atoms with Gasteiger partial charge in [0.2, 0.25) is 0 Å². The van der Waals surface area contributed by atoms with E-state index in [-0.39, 0.29) is 5.41 Å². The summed E-state index contributed by atoms with van der Waals surface area (Å²) >= 11 is 0. The maximum atomic E-state index is 5.87. The molecule has 0 radical (unpaired) electrons. The SMILES string of the molecule is CN(c1cccc(N)c1)c1ccccc1C(C)(C)C. The molecule has 2 aromatic rings. The molecule has 2 aromatic carbocycles. The molecule has 0 saturated heterocycles. The summed E-state index contributed by atoms with van der Waals surface area (Å²) in [4.78, 5) is 2.19. The van der Waals surface area contributed by atoms with Crippen molar-refractivity contribution in [3.05, 3.63) is 54.1 Å². The van der Waals surface area contributed by atoms with E-state index >= 15 is 0 Å². The number of nitrogen functional groups attached to an aromatic ring is 1. The maximum absolute atomic E-state index is 5.87. The molecule has 2 N–H and O–H groups in total. The summed E-state index contributed by atoms with van der Waals surface area (Å²) in [6.45, 7) is 6.71. The Bertz CT molecular complexity index is 567. The van der Waals surface area contributed by atoms with Crippen molar-refractivity contribution in [2.24, 2.45) is 0 Å². The van der Waals surface area contributed by atoms with Gasteiger partial charge in [0, 0.05) is 24.1 Å². The first kappa shape index (κ1) is 13.5. The Morgan fingerprint density at radius 1 is 0.947 bits per heavy atom. The molecule has 0 aromatic heterocycles. The van der Waals surface area contributed by atoms with Gasteiger partial charge in [0.1, 0.15) is 0 Å². The molecule has 0 unspecified atom stereocenters. The topological polar surface area (TPSA) is 29.3 Å². The summed E-state index contributed by atoms with van der Waals surface area (Å²) in [6, 6.07) is 16.5. The van der Waals surface area contributed by atoms with E-state index in [0.29, 0.717) is 0 Å². The molecule has 2 heteroatoms. The van der Waals surface area contributed by atoms with Gasteiger partial charge in [-0.2, -0.15) is 0 Å². The van der Waals surface area contributed by atoms with Crippen LogP contribution >= 0.6 is 0 Å². The molecule has 0 aliphatic heterocycles. The number of rotatable bonds is 2. The first-order chi connectivity index (χ1) is 8.89. The number of hydrogen-bond donors (Lipinski definition) is 1. The second-order valence-electron chi connectivity index (χ2n) is 5.92. The molecule has 0 fully saturated rings. The van der Waals surface area contributed by atoms with E-state index in [1.807, 2.05) is 18.2 Å². The normalized spacial score (nSPS) is 11.4. The van der Waals surface area contributed by atoms with Gasteiger partial charge in [-0.3, -0.25) is 0 Å². The number of hydrogen-bond acceptors (Lipinski definition) is 2. The lowest BCUT2D eigenvalue weighted by atomic mass is 9.85. The molecule has 0 aliphatic rings. The summed E-state index contributed by atoms with van der Waals surface area (Å²) in [6.07, 6.45) is 0.